The molecule has 3 nitrogen and oxygen atoms in total. The fourth-order valence-electron chi connectivity index (χ4n) is 0.930. The third-order valence-corrected chi connectivity index (χ3v) is 4.57. The first-order valence-corrected chi connectivity index (χ1v) is 7.35. The van der Waals surface area contributed by atoms with Gasteiger partial charge in [-0.2, -0.15) is 0 Å². The molecule has 0 saturated heterocycles. The summed E-state index contributed by atoms with van der Waals surface area (Å²) < 4.78 is 21.1. The van der Waals surface area contributed by atoms with Gasteiger partial charge in [-0.05, 0) is 0 Å². The zero-order valence-corrected chi connectivity index (χ0v) is 9.69. The molecule has 0 heterocycles. The van der Waals surface area contributed by atoms with Gasteiger partial charge < -0.3 is 0 Å². The van der Waals surface area contributed by atoms with E-state index in [1.807, 2.05) is 20.4 Å². The summed E-state index contributed by atoms with van der Waals surface area (Å²) in [7, 11) is -2.15. The van der Waals surface area contributed by atoms with E-state index in [4.69, 9.17) is 8.85 Å². The monoisotopic (exact) mass is 206 g/mol. The molecule has 0 aliphatic rings. The summed E-state index contributed by atoms with van der Waals surface area (Å²) in [4.78, 5) is 0. The molecule has 0 aliphatic heterocycles. The molecule has 0 aromatic carbocycles. The van der Waals surface area contributed by atoms with Crippen molar-refractivity contribution >= 4 is 16.5 Å². The number of hydrogen-bond acceptors (Lipinski definition) is 3. The molecule has 0 spiro atoms. The molecule has 5 heteroatoms. The van der Waals surface area contributed by atoms with E-state index in [2.05, 4.69) is 5.63 Å². The Morgan fingerprint density at radius 2 is 1.83 bits per heavy atom. The van der Waals surface area contributed by atoms with E-state index in [1.54, 1.807) is 0 Å². The van der Waals surface area contributed by atoms with Gasteiger partial charge in [-0.15, -0.1) is 0 Å². The van der Waals surface area contributed by atoms with Gasteiger partial charge >= 0.3 is 75.2 Å². The van der Waals surface area contributed by atoms with Gasteiger partial charge in [0, 0.05) is 0 Å². The van der Waals surface area contributed by atoms with Gasteiger partial charge in [0.25, 0.3) is 0 Å². The summed E-state index contributed by atoms with van der Waals surface area (Å²) in [6.45, 7) is 7.09. The van der Waals surface area contributed by atoms with Crippen LogP contribution in [0, 0.1) is 5.63 Å². The Hall–Kier alpha value is 0.147. The first-order chi connectivity index (χ1) is 5.68. The van der Waals surface area contributed by atoms with Gasteiger partial charge in [0.2, 0.25) is 0 Å². The van der Waals surface area contributed by atoms with Crippen LogP contribution in [-0.2, 0) is 13.4 Å². The fourth-order valence-corrected chi connectivity index (χ4v) is 3.85. The van der Waals surface area contributed by atoms with E-state index in [0.29, 0.717) is 19.3 Å². The van der Waals surface area contributed by atoms with Crippen LogP contribution in [0.4, 0.5) is 0 Å². The third-order valence-electron chi connectivity index (χ3n) is 1.36. The Labute approximate surface area is 75.8 Å². The molecule has 0 fully saturated rings. The molecule has 0 amide bonds. The third kappa shape index (κ3) is 4.91. The SMILES string of the molecule is CCO[Si](C)(CC#P=O)OCC. The minimum absolute atomic E-state index is 0.0651. The van der Waals surface area contributed by atoms with Crippen molar-refractivity contribution in [3.05, 3.63) is 0 Å². The molecule has 0 saturated carbocycles. The zero-order chi connectivity index (χ0) is 9.45. The van der Waals surface area contributed by atoms with Gasteiger partial charge in [0.05, 0.1) is 0 Å². The van der Waals surface area contributed by atoms with E-state index in [-0.39, 0.29) is 7.92 Å². The molecule has 12 heavy (non-hydrogen) atoms. The van der Waals surface area contributed by atoms with Crippen LogP contribution in [0.2, 0.25) is 12.6 Å². The topological polar surface area (TPSA) is 35.5 Å². The maximum absolute atomic E-state index is 10.2. The molecule has 0 aliphatic carbocycles. The van der Waals surface area contributed by atoms with Crippen molar-refractivity contribution < 1.29 is 13.4 Å². The van der Waals surface area contributed by atoms with Crippen LogP contribution in [0.15, 0.2) is 0 Å². The average Bonchev–Trinajstić information content (AvgIpc) is 2.02. The molecule has 70 valence electrons. The maximum atomic E-state index is 10.2. The fraction of sp³-hybridized carbons (Fsp3) is 0.857. The molecule has 0 rings (SSSR count). The Morgan fingerprint density at radius 3 is 2.17 bits per heavy atom. The van der Waals surface area contributed by atoms with Crippen LogP contribution < -0.4 is 0 Å². The Bertz CT molecular complexity index is 206. The van der Waals surface area contributed by atoms with Crippen molar-refractivity contribution in [3.63, 3.8) is 0 Å². The Morgan fingerprint density at radius 1 is 1.33 bits per heavy atom. The summed E-state index contributed by atoms with van der Waals surface area (Å²) in [5.41, 5.74) is 2.69. The van der Waals surface area contributed by atoms with E-state index in [1.165, 1.54) is 0 Å². The van der Waals surface area contributed by atoms with Crippen molar-refractivity contribution in [3.8, 4) is 5.63 Å². The van der Waals surface area contributed by atoms with Crippen LogP contribution in [0.1, 0.15) is 13.8 Å². The van der Waals surface area contributed by atoms with Gasteiger partial charge in [-0.1, -0.05) is 0 Å². The average molecular weight is 206 g/mol. The Kier molecular flexibility index (Phi) is 6.72. The first-order valence-electron chi connectivity index (χ1n) is 4.01. The van der Waals surface area contributed by atoms with Gasteiger partial charge in [-0.3, -0.25) is 0 Å². The molecular formula is C7H15O3PSi. The molecular weight excluding hydrogens is 191 g/mol. The van der Waals surface area contributed by atoms with Crippen molar-refractivity contribution in [1.82, 2.24) is 0 Å². The second kappa shape index (κ2) is 6.64. The van der Waals surface area contributed by atoms with Crippen molar-refractivity contribution in [2.75, 3.05) is 13.2 Å². The summed E-state index contributed by atoms with van der Waals surface area (Å²) >= 11 is 0. The molecule has 0 atom stereocenters. The van der Waals surface area contributed by atoms with E-state index in [9.17, 15) is 4.57 Å². The number of hydrogen-bond donors (Lipinski definition) is 0. The Balaban J connectivity index is 4.12. The number of rotatable bonds is 5. The van der Waals surface area contributed by atoms with Gasteiger partial charge in [0.15, 0.2) is 0 Å². The van der Waals surface area contributed by atoms with Crippen molar-refractivity contribution in [2.45, 2.75) is 26.4 Å². The van der Waals surface area contributed by atoms with E-state index >= 15 is 0 Å². The molecule has 0 N–H and O–H groups in total. The second-order valence-electron chi connectivity index (χ2n) is 2.43. The summed E-state index contributed by atoms with van der Waals surface area (Å²) in [6.07, 6.45) is 0. The standard InChI is InChI=1S/C7H15O3PSi/c1-4-9-12(3,10-5-2)7-6-11-8/h4-5,7H2,1-3H3. The first kappa shape index (κ1) is 12.1. The molecule has 0 radical (unpaired) electrons. The predicted octanol–water partition coefficient (Wildman–Crippen LogP) is 2.38. The van der Waals surface area contributed by atoms with Crippen LogP contribution in [0.25, 0.3) is 0 Å². The van der Waals surface area contributed by atoms with Crippen molar-refractivity contribution in [2.24, 2.45) is 0 Å². The van der Waals surface area contributed by atoms with Crippen LogP contribution in [-0.4, -0.2) is 21.8 Å². The van der Waals surface area contributed by atoms with E-state index < -0.39 is 8.56 Å². The predicted molar refractivity (Wildman–Crippen MR) is 51.2 cm³/mol. The van der Waals surface area contributed by atoms with E-state index in [0.717, 1.165) is 0 Å². The van der Waals surface area contributed by atoms with Crippen LogP contribution >= 0.6 is 7.92 Å². The zero-order valence-electron chi connectivity index (χ0n) is 7.79. The summed E-state index contributed by atoms with van der Waals surface area (Å²) in [5.74, 6) is 0. The van der Waals surface area contributed by atoms with Crippen LogP contribution in [0.5, 0.6) is 0 Å². The van der Waals surface area contributed by atoms with Gasteiger partial charge in [0.1, 0.15) is 0 Å². The second-order valence-corrected chi connectivity index (χ2v) is 6.12. The summed E-state index contributed by atoms with van der Waals surface area (Å²) in [6, 6.07) is 0.555. The van der Waals surface area contributed by atoms with Crippen molar-refractivity contribution in [1.29, 1.82) is 0 Å². The molecule has 0 bridgehead atoms. The summed E-state index contributed by atoms with van der Waals surface area (Å²) in [5, 5.41) is 0. The van der Waals surface area contributed by atoms with Gasteiger partial charge in [-0.25, -0.2) is 0 Å². The van der Waals surface area contributed by atoms with Crippen LogP contribution in [0.3, 0.4) is 0 Å². The normalized spacial score (nSPS) is 10.9. The quantitative estimate of drug-likeness (QED) is 0.511. The molecule has 0 aromatic heterocycles. The minimum atomic E-state index is -2.09. The molecule has 0 unspecified atom stereocenters. The molecule has 0 aromatic rings.